The number of imidazole rings is 1. The Hall–Kier alpha value is -4.52. The molecule has 1 aliphatic rings. The maximum absolute atomic E-state index is 14.2. The van der Waals surface area contributed by atoms with Crippen molar-refractivity contribution in [2.45, 2.75) is 71.6 Å². The number of hydrogen-bond donors (Lipinski definition) is 2. The van der Waals surface area contributed by atoms with Crippen LogP contribution in [0.1, 0.15) is 73.0 Å². The predicted molar refractivity (Wildman–Crippen MR) is 172 cm³/mol. The molecule has 5 rings (SSSR count). The minimum absolute atomic E-state index is 0.0438. The minimum atomic E-state index is -4.75. The first-order valence-electron chi connectivity index (χ1n) is 15.9. The molecule has 256 valence electrons. The first-order chi connectivity index (χ1) is 22.6. The quantitative estimate of drug-likeness (QED) is 0.177. The number of benzene rings is 1. The molecule has 1 amide bonds. The normalized spacial score (nSPS) is 15.0. The molecule has 9 nitrogen and oxygen atoms in total. The Morgan fingerprint density at radius 3 is 2.33 bits per heavy atom. The van der Waals surface area contributed by atoms with Gasteiger partial charge in [-0.1, -0.05) is 13.8 Å². The van der Waals surface area contributed by atoms with Gasteiger partial charge in [-0.3, -0.25) is 18.8 Å². The van der Waals surface area contributed by atoms with Crippen molar-refractivity contribution < 1.29 is 32.3 Å². The number of carbonyl (C=O) groups excluding carboxylic acids is 1. The van der Waals surface area contributed by atoms with Crippen LogP contribution < -0.4 is 10.9 Å². The summed E-state index contributed by atoms with van der Waals surface area (Å²) in [4.78, 5) is 45.8. The van der Waals surface area contributed by atoms with Gasteiger partial charge in [0.15, 0.2) is 0 Å². The van der Waals surface area contributed by atoms with E-state index in [1.165, 1.54) is 12.1 Å². The lowest BCUT2D eigenvalue weighted by atomic mass is 9.95. The molecular weight excluding hydrogens is 630 g/mol. The zero-order chi connectivity index (χ0) is 34.9. The van der Waals surface area contributed by atoms with Crippen molar-refractivity contribution in [1.29, 1.82) is 0 Å². The molecule has 1 unspecified atom stereocenters. The molecule has 4 aromatic rings. The van der Waals surface area contributed by atoms with Gasteiger partial charge in [-0.15, -0.1) is 0 Å². The Morgan fingerprint density at radius 1 is 1.06 bits per heavy atom. The average molecular weight is 670 g/mol. The highest BCUT2D eigenvalue weighted by Crippen LogP contribution is 2.34. The van der Waals surface area contributed by atoms with Gasteiger partial charge in [-0.25, -0.2) is 9.37 Å². The molecule has 0 radical (unpaired) electrons. The summed E-state index contributed by atoms with van der Waals surface area (Å²) in [6.07, 6.45) is 0.267. The number of fused-ring (bicyclic) bond motifs is 1. The largest absolute Gasteiger partial charge is 0.481 e. The topological polar surface area (TPSA) is 109 Å². The summed E-state index contributed by atoms with van der Waals surface area (Å²) >= 11 is 0. The molecule has 4 heterocycles. The molecule has 2 N–H and O–H groups in total. The van der Waals surface area contributed by atoms with Crippen molar-refractivity contribution >= 4 is 17.5 Å². The molecule has 0 bridgehead atoms. The second-order valence-corrected chi connectivity index (χ2v) is 12.9. The average Bonchev–Trinajstić information content (AvgIpc) is 3.43. The van der Waals surface area contributed by atoms with Crippen molar-refractivity contribution in [2.75, 3.05) is 19.6 Å². The van der Waals surface area contributed by atoms with Gasteiger partial charge in [0, 0.05) is 36.8 Å². The van der Waals surface area contributed by atoms with Gasteiger partial charge in [0.2, 0.25) is 5.91 Å². The van der Waals surface area contributed by atoms with Crippen LogP contribution in [0.2, 0.25) is 0 Å². The smallest absolute Gasteiger partial charge is 0.416 e. The molecule has 3 aromatic heterocycles. The third-order valence-corrected chi connectivity index (χ3v) is 8.83. The molecule has 0 saturated carbocycles. The summed E-state index contributed by atoms with van der Waals surface area (Å²) < 4.78 is 59.1. The highest BCUT2D eigenvalue weighted by molar-refractivity contribution is 5.82. The number of carboxylic acid groups (broad SMARTS) is 1. The lowest BCUT2D eigenvalue weighted by Gasteiger charge is -2.31. The summed E-state index contributed by atoms with van der Waals surface area (Å²) in [7, 11) is 0. The van der Waals surface area contributed by atoms with E-state index in [1.54, 1.807) is 42.8 Å². The minimum Gasteiger partial charge on any atom is -0.481 e. The monoisotopic (exact) mass is 669 g/mol. The Bertz CT molecular complexity index is 1870. The molecule has 2 atom stereocenters. The van der Waals surface area contributed by atoms with Crippen LogP contribution in [0.5, 0.6) is 0 Å². The number of carboxylic acids is 1. The Morgan fingerprint density at radius 2 is 1.75 bits per heavy atom. The van der Waals surface area contributed by atoms with Crippen molar-refractivity contribution in [3.05, 3.63) is 92.9 Å². The number of nitrogens with zero attached hydrogens (tertiary/aromatic N) is 4. The van der Waals surface area contributed by atoms with Crippen molar-refractivity contribution in [2.24, 2.45) is 5.92 Å². The summed E-state index contributed by atoms with van der Waals surface area (Å²) in [5.74, 6) is -2.46. The maximum atomic E-state index is 14.2. The number of aliphatic carboxylic acids is 1. The molecule has 1 fully saturated rings. The number of alkyl halides is 3. The van der Waals surface area contributed by atoms with Crippen molar-refractivity contribution in [3.8, 4) is 11.3 Å². The molecule has 1 saturated heterocycles. The van der Waals surface area contributed by atoms with Gasteiger partial charge >= 0.3 is 12.1 Å². The van der Waals surface area contributed by atoms with E-state index in [4.69, 9.17) is 0 Å². The van der Waals surface area contributed by atoms with Gasteiger partial charge in [-0.2, -0.15) is 13.2 Å². The van der Waals surface area contributed by atoms with Crippen LogP contribution in [0.25, 0.3) is 16.9 Å². The van der Waals surface area contributed by atoms with Crippen LogP contribution in [0, 0.1) is 25.6 Å². The zero-order valence-electron chi connectivity index (χ0n) is 27.3. The number of nitrogens with one attached hydrogen (secondary N) is 1. The Kier molecular flexibility index (Phi) is 10.1. The van der Waals surface area contributed by atoms with Crippen molar-refractivity contribution in [3.63, 3.8) is 0 Å². The van der Waals surface area contributed by atoms with Gasteiger partial charge in [0.1, 0.15) is 17.5 Å². The zero-order valence-corrected chi connectivity index (χ0v) is 27.3. The standard InChI is InChI=1S/C35H39F4N5O4/c1-20(2)12-29(44-19-23(6-10-42-8-5-9-42)26(17-31(44)45)35(37,38)39)34(48)41-27(18-32(46)47)24-15-28(43-11-7-40-30(43)16-24)33-21(3)13-25(36)14-22(33)4/h7,11,13-17,19-20,27,29H,5-6,8-10,12,18H2,1-4H3,(H,41,48)(H,46,47)/t27?,29-/m1/s1. The first-order valence-corrected chi connectivity index (χ1v) is 15.9. The number of likely N-dealkylation sites (tertiary alicyclic amines) is 1. The number of amides is 1. The number of aryl methyl sites for hydroxylation is 2. The lowest BCUT2D eigenvalue weighted by Crippen LogP contribution is -2.41. The molecule has 0 spiro atoms. The van der Waals surface area contributed by atoms with E-state index in [1.807, 2.05) is 18.7 Å². The van der Waals surface area contributed by atoms with Gasteiger partial charge in [0.25, 0.3) is 5.56 Å². The summed E-state index contributed by atoms with van der Waals surface area (Å²) in [6, 6.07) is 4.38. The summed E-state index contributed by atoms with van der Waals surface area (Å²) in [6.45, 7) is 9.12. The molecule has 48 heavy (non-hydrogen) atoms. The van der Waals surface area contributed by atoms with Crippen LogP contribution in [0.15, 0.2) is 53.7 Å². The third-order valence-electron chi connectivity index (χ3n) is 8.83. The number of pyridine rings is 2. The van der Waals surface area contributed by atoms with Gasteiger partial charge < -0.3 is 19.9 Å². The molecule has 1 aromatic carbocycles. The number of aromatic nitrogens is 3. The van der Waals surface area contributed by atoms with Gasteiger partial charge in [-0.05, 0) is 98.6 Å². The Balaban J connectivity index is 1.56. The molecular formula is C35H39F4N5O4. The second-order valence-electron chi connectivity index (χ2n) is 12.9. The molecule has 0 aliphatic carbocycles. The maximum Gasteiger partial charge on any atom is 0.416 e. The first kappa shape index (κ1) is 34.8. The van der Waals surface area contributed by atoms with E-state index in [2.05, 4.69) is 10.3 Å². The van der Waals surface area contributed by atoms with Crippen molar-refractivity contribution in [1.82, 2.24) is 24.2 Å². The lowest BCUT2D eigenvalue weighted by molar-refractivity contribution is -0.139. The van der Waals surface area contributed by atoms with Crippen LogP contribution in [-0.4, -0.2) is 55.5 Å². The van der Waals surface area contributed by atoms with E-state index >= 15 is 0 Å². The van der Waals surface area contributed by atoms with Crippen LogP contribution in [-0.2, 0) is 22.2 Å². The molecule has 1 aliphatic heterocycles. The fraction of sp³-hybridized carbons (Fsp3) is 0.429. The van der Waals surface area contributed by atoms with E-state index in [0.29, 0.717) is 46.2 Å². The highest BCUT2D eigenvalue weighted by Gasteiger charge is 2.36. The predicted octanol–water partition coefficient (Wildman–Crippen LogP) is 6.11. The van der Waals surface area contributed by atoms with Crippen LogP contribution in [0.3, 0.4) is 0 Å². The van der Waals surface area contributed by atoms with Gasteiger partial charge in [0.05, 0.1) is 23.7 Å². The fourth-order valence-corrected chi connectivity index (χ4v) is 6.42. The van der Waals surface area contributed by atoms with E-state index < -0.39 is 53.5 Å². The second kappa shape index (κ2) is 13.9. The summed E-state index contributed by atoms with van der Waals surface area (Å²) in [5, 5.41) is 12.7. The highest BCUT2D eigenvalue weighted by atomic mass is 19.4. The van der Waals surface area contributed by atoms with E-state index in [-0.39, 0.29) is 24.3 Å². The SMILES string of the molecule is Cc1cc(F)cc(C)c1-c1cc(C(CC(=O)O)NC(=O)[C@@H](CC(C)C)n2cc(CCN3CCC3)c(C(F)(F)F)cc2=O)cc2nccn12. The number of rotatable bonds is 12. The number of halogens is 4. The third kappa shape index (κ3) is 7.61. The fourth-order valence-electron chi connectivity index (χ4n) is 6.42. The molecule has 13 heteroatoms. The number of carbonyl (C=O) groups is 2. The van der Waals surface area contributed by atoms with Crippen LogP contribution in [0.4, 0.5) is 17.6 Å². The Labute approximate surface area is 275 Å². The van der Waals surface area contributed by atoms with E-state index in [9.17, 15) is 37.1 Å². The van der Waals surface area contributed by atoms with E-state index in [0.717, 1.165) is 30.3 Å². The van der Waals surface area contributed by atoms with Crippen LogP contribution >= 0.6 is 0 Å². The summed E-state index contributed by atoms with van der Waals surface area (Å²) in [5.41, 5.74) is 1.37. The number of hydrogen-bond acceptors (Lipinski definition) is 5.